The summed E-state index contributed by atoms with van der Waals surface area (Å²) < 4.78 is 8.40. The molecule has 0 aliphatic heterocycles. The minimum absolute atomic E-state index is 0.284. The van der Waals surface area contributed by atoms with Gasteiger partial charge in [-0.25, -0.2) is 9.78 Å². The monoisotopic (exact) mass is 369 g/mol. The Bertz CT molecular complexity index is 1140. The van der Waals surface area contributed by atoms with E-state index in [4.69, 9.17) is 16.3 Å². The van der Waals surface area contributed by atoms with Gasteiger partial charge in [0.15, 0.2) is 10.8 Å². The number of hydrogen-bond donors (Lipinski definition) is 0. The zero-order valence-electron chi connectivity index (χ0n) is 14.5. The van der Waals surface area contributed by atoms with Gasteiger partial charge in [-0.1, -0.05) is 29.8 Å². The maximum absolute atomic E-state index is 12.7. The lowest BCUT2D eigenvalue weighted by molar-refractivity contribution is 0.0544. The smallest absolute Gasteiger partial charge is 0.419 e. The molecular formula is C18H16ClN5O2. The second-order valence-corrected chi connectivity index (χ2v) is 7.25. The molecule has 0 aliphatic rings. The Kier molecular flexibility index (Phi) is 3.69. The summed E-state index contributed by atoms with van der Waals surface area (Å²) in [6.45, 7) is 5.50. The van der Waals surface area contributed by atoms with E-state index in [9.17, 15) is 4.79 Å². The van der Waals surface area contributed by atoms with Crippen LogP contribution in [0.5, 0.6) is 0 Å². The van der Waals surface area contributed by atoms with E-state index in [-0.39, 0.29) is 5.15 Å². The lowest BCUT2D eigenvalue weighted by atomic mass is 10.1. The molecule has 0 atom stereocenters. The largest absolute Gasteiger partial charge is 0.443 e. The third-order valence-electron chi connectivity index (χ3n) is 3.82. The summed E-state index contributed by atoms with van der Waals surface area (Å²) in [7, 11) is 0. The molecule has 26 heavy (non-hydrogen) atoms. The van der Waals surface area contributed by atoms with Crippen LogP contribution in [-0.4, -0.2) is 36.1 Å². The second-order valence-electron chi connectivity index (χ2n) is 6.86. The van der Waals surface area contributed by atoms with Gasteiger partial charge in [0, 0.05) is 22.7 Å². The van der Waals surface area contributed by atoms with Crippen LogP contribution in [-0.2, 0) is 4.74 Å². The Morgan fingerprint density at radius 3 is 2.73 bits per heavy atom. The first-order chi connectivity index (χ1) is 12.3. The van der Waals surface area contributed by atoms with Gasteiger partial charge in [-0.3, -0.25) is 4.57 Å². The molecule has 0 bridgehead atoms. The van der Waals surface area contributed by atoms with Crippen LogP contribution >= 0.6 is 11.6 Å². The Morgan fingerprint density at radius 2 is 1.96 bits per heavy atom. The van der Waals surface area contributed by atoms with Gasteiger partial charge in [0.2, 0.25) is 0 Å². The van der Waals surface area contributed by atoms with E-state index >= 15 is 0 Å². The molecule has 0 saturated carbocycles. The summed E-state index contributed by atoms with van der Waals surface area (Å²) in [6, 6.07) is 9.31. The van der Waals surface area contributed by atoms with Crippen LogP contribution in [0.3, 0.4) is 0 Å². The van der Waals surface area contributed by atoms with Crippen molar-refractivity contribution in [3.8, 4) is 11.1 Å². The topological polar surface area (TPSA) is 74.3 Å². The van der Waals surface area contributed by atoms with Crippen LogP contribution in [0.2, 0.25) is 5.15 Å². The number of nitrogens with zero attached hydrogens (tertiary/aromatic N) is 5. The highest BCUT2D eigenvalue weighted by molar-refractivity contribution is 6.29. The van der Waals surface area contributed by atoms with E-state index in [0.717, 1.165) is 22.0 Å². The highest BCUT2D eigenvalue weighted by Gasteiger charge is 2.22. The van der Waals surface area contributed by atoms with Crippen LogP contribution in [0, 0.1) is 0 Å². The normalized spacial score (nSPS) is 12.0. The van der Waals surface area contributed by atoms with Crippen molar-refractivity contribution in [1.29, 1.82) is 0 Å². The van der Waals surface area contributed by atoms with Crippen molar-refractivity contribution in [3.63, 3.8) is 0 Å². The predicted molar refractivity (Wildman–Crippen MR) is 98.4 cm³/mol. The van der Waals surface area contributed by atoms with Crippen molar-refractivity contribution in [3.05, 3.63) is 48.0 Å². The molecule has 132 valence electrons. The molecule has 0 unspecified atom stereocenters. The van der Waals surface area contributed by atoms with Crippen LogP contribution in [0.15, 0.2) is 42.9 Å². The second kappa shape index (κ2) is 5.81. The number of ether oxygens (including phenoxy) is 1. The number of rotatable bonds is 1. The first-order valence-corrected chi connectivity index (χ1v) is 8.42. The van der Waals surface area contributed by atoms with E-state index in [1.165, 1.54) is 15.5 Å². The molecule has 0 amide bonds. The first kappa shape index (κ1) is 16.5. The Hall–Kier alpha value is -2.93. The van der Waals surface area contributed by atoms with E-state index in [2.05, 4.69) is 15.2 Å². The number of aromatic nitrogens is 5. The molecule has 0 radical (unpaired) electrons. The van der Waals surface area contributed by atoms with Crippen molar-refractivity contribution in [2.24, 2.45) is 0 Å². The van der Waals surface area contributed by atoms with Gasteiger partial charge in [-0.15, -0.1) is 14.8 Å². The van der Waals surface area contributed by atoms with Gasteiger partial charge in [-0.05, 0) is 32.9 Å². The van der Waals surface area contributed by atoms with Crippen LogP contribution < -0.4 is 0 Å². The van der Waals surface area contributed by atoms with Gasteiger partial charge in [0.1, 0.15) is 11.9 Å². The lowest BCUT2D eigenvalue weighted by Crippen LogP contribution is -2.26. The van der Waals surface area contributed by atoms with E-state index in [1.807, 2.05) is 45.0 Å². The first-order valence-electron chi connectivity index (χ1n) is 8.04. The van der Waals surface area contributed by atoms with Gasteiger partial charge < -0.3 is 4.74 Å². The van der Waals surface area contributed by atoms with Crippen LogP contribution in [0.25, 0.3) is 27.7 Å². The standard InChI is InChI=1S/C18H16ClN5O2/c1-18(2,3)26-17(25)23-9-13(11-6-4-5-7-14(11)23)12-8-15(19)22-24-16(12)20-10-21-24/h4-10H,1-3H3. The summed E-state index contributed by atoms with van der Waals surface area (Å²) in [5.74, 6) is 0. The summed E-state index contributed by atoms with van der Waals surface area (Å²) >= 11 is 6.14. The molecule has 8 heteroatoms. The number of para-hydroxylation sites is 1. The average Bonchev–Trinajstić information content (AvgIpc) is 3.16. The zero-order valence-corrected chi connectivity index (χ0v) is 15.2. The van der Waals surface area contributed by atoms with Crippen LogP contribution in [0.1, 0.15) is 20.8 Å². The fourth-order valence-electron chi connectivity index (χ4n) is 2.84. The molecule has 4 rings (SSSR count). The van der Waals surface area contributed by atoms with Crippen molar-refractivity contribution < 1.29 is 9.53 Å². The van der Waals surface area contributed by atoms with Gasteiger partial charge >= 0.3 is 6.09 Å². The SMILES string of the molecule is CC(C)(C)OC(=O)n1cc(-c2cc(Cl)nn3ncnc23)c2ccccc21. The molecule has 3 aromatic heterocycles. The zero-order chi connectivity index (χ0) is 18.5. The highest BCUT2D eigenvalue weighted by Crippen LogP contribution is 2.33. The molecular weight excluding hydrogens is 354 g/mol. The van der Waals surface area contributed by atoms with Gasteiger partial charge in [0.25, 0.3) is 0 Å². The van der Waals surface area contributed by atoms with Crippen molar-refractivity contribution in [1.82, 2.24) is 24.4 Å². The summed E-state index contributed by atoms with van der Waals surface area (Å²) in [6.07, 6.45) is 2.70. The van der Waals surface area contributed by atoms with Crippen molar-refractivity contribution >= 4 is 34.2 Å². The molecule has 0 N–H and O–H groups in total. The van der Waals surface area contributed by atoms with Crippen molar-refractivity contribution in [2.45, 2.75) is 26.4 Å². The summed E-state index contributed by atoms with van der Waals surface area (Å²) in [5.41, 5.74) is 2.24. The maximum Gasteiger partial charge on any atom is 0.419 e. The van der Waals surface area contributed by atoms with E-state index in [0.29, 0.717) is 5.65 Å². The molecule has 7 nitrogen and oxygen atoms in total. The summed E-state index contributed by atoms with van der Waals surface area (Å²) in [4.78, 5) is 16.9. The molecule has 3 heterocycles. The van der Waals surface area contributed by atoms with Gasteiger partial charge in [0.05, 0.1) is 5.52 Å². The predicted octanol–water partition coefficient (Wildman–Crippen LogP) is 4.18. The van der Waals surface area contributed by atoms with Crippen LogP contribution in [0.4, 0.5) is 4.79 Å². The third-order valence-corrected chi connectivity index (χ3v) is 4.00. The molecule has 0 spiro atoms. The Balaban J connectivity index is 1.97. The molecule has 4 aromatic rings. The molecule has 0 saturated heterocycles. The maximum atomic E-state index is 12.7. The average molecular weight is 370 g/mol. The molecule has 0 aliphatic carbocycles. The number of carbonyl (C=O) groups is 1. The fourth-order valence-corrected chi connectivity index (χ4v) is 3.02. The lowest BCUT2D eigenvalue weighted by Gasteiger charge is -2.19. The van der Waals surface area contributed by atoms with Crippen molar-refractivity contribution in [2.75, 3.05) is 0 Å². The Labute approximate surface area is 154 Å². The quantitative estimate of drug-likeness (QED) is 0.503. The minimum atomic E-state index is -0.594. The van der Waals surface area contributed by atoms with E-state index in [1.54, 1.807) is 12.3 Å². The minimum Gasteiger partial charge on any atom is -0.443 e. The number of fused-ring (bicyclic) bond motifs is 2. The molecule has 0 fully saturated rings. The highest BCUT2D eigenvalue weighted by atomic mass is 35.5. The Morgan fingerprint density at radius 1 is 1.19 bits per heavy atom. The third kappa shape index (κ3) is 2.80. The summed E-state index contributed by atoms with van der Waals surface area (Å²) in [5, 5.41) is 9.31. The van der Waals surface area contributed by atoms with E-state index < -0.39 is 11.7 Å². The molecule has 1 aromatic carbocycles. The fraction of sp³-hybridized carbons (Fsp3) is 0.222. The van der Waals surface area contributed by atoms with Gasteiger partial charge in [-0.2, -0.15) is 0 Å². The number of hydrogen-bond acceptors (Lipinski definition) is 5. The number of halogens is 1. The number of benzene rings is 1. The number of carbonyl (C=O) groups excluding carboxylic acids is 1.